The molecule has 0 unspecified atom stereocenters. The van der Waals surface area contributed by atoms with Gasteiger partial charge < -0.3 is 11.1 Å². The van der Waals surface area contributed by atoms with Crippen molar-refractivity contribution in [1.29, 1.82) is 5.26 Å². The van der Waals surface area contributed by atoms with Crippen LogP contribution in [-0.2, 0) is 16.0 Å². The van der Waals surface area contributed by atoms with Gasteiger partial charge in [0.2, 0.25) is 11.8 Å². The number of hydrogen-bond acceptors (Lipinski definition) is 3. The van der Waals surface area contributed by atoms with Crippen LogP contribution >= 0.6 is 0 Å². The van der Waals surface area contributed by atoms with E-state index in [9.17, 15) is 14.0 Å². The van der Waals surface area contributed by atoms with Crippen molar-refractivity contribution >= 4 is 11.8 Å². The van der Waals surface area contributed by atoms with Gasteiger partial charge in [0.1, 0.15) is 11.9 Å². The number of carbonyl (C=O) groups is 2. The molecule has 1 aromatic carbocycles. The minimum atomic E-state index is -0.854. The van der Waals surface area contributed by atoms with Crippen molar-refractivity contribution in [2.75, 3.05) is 0 Å². The molecule has 19 heavy (non-hydrogen) atoms. The molecule has 2 amide bonds. The minimum Gasteiger partial charge on any atom is -0.368 e. The molecule has 0 aliphatic rings. The molecule has 0 aromatic heterocycles. The van der Waals surface area contributed by atoms with Gasteiger partial charge in [-0.15, -0.1) is 0 Å². The molecule has 1 rings (SSSR count). The highest BCUT2D eigenvalue weighted by Crippen LogP contribution is 2.04. The van der Waals surface area contributed by atoms with Crippen LogP contribution in [0.2, 0.25) is 0 Å². The minimum absolute atomic E-state index is 0.0244. The van der Waals surface area contributed by atoms with Crippen molar-refractivity contribution in [1.82, 2.24) is 5.32 Å². The van der Waals surface area contributed by atoms with E-state index in [2.05, 4.69) is 5.32 Å². The Kier molecular flexibility index (Phi) is 5.48. The van der Waals surface area contributed by atoms with Crippen LogP contribution in [0.3, 0.4) is 0 Å². The summed E-state index contributed by atoms with van der Waals surface area (Å²) in [4.78, 5) is 22.8. The van der Waals surface area contributed by atoms with Gasteiger partial charge in [-0.05, 0) is 24.1 Å². The van der Waals surface area contributed by atoms with E-state index in [4.69, 9.17) is 11.0 Å². The monoisotopic (exact) mass is 263 g/mol. The van der Waals surface area contributed by atoms with Crippen molar-refractivity contribution in [3.8, 4) is 6.07 Å². The lowest BCUT2D eigenvalue weighted by Crippen LogP contribution is -2.44. The molecule has 0 aliphatic carbocycles. The predicted molar refractivity (Wildman–Crippen MR) is 66.1 cm³/mol. The lowest BCUT2D eigenvalue weighted by Gasteiger charge is -2.13. The van der Waals surface area contributed by atoms with E-state index < -0.39 is 17.9 Å². The molecule has 0 aliphatic heterocycles. The number of carbonyl (C=O) groups excluding carboxylic acids is 2. The van der Waals surface area contributed by atoms with Crippen molar-refractivity contribution in [2.45, 2.75) is 25.3 Å². The number of halogens is 1. The highest BCUT2D eigenvalue weighted by atomic mass is 19.1. The van der Waals surface area contributed by atoms with Gasteiger partial charge in [0, 0.05) is 6.42 Å². The van der Waals surface area contributed by atoms with Crippen LogP contribution in [0.15, 0.2) is 24.3 Å². The first kappa shape index (κ1) is 14.6. The first-order valence-corrected chi connectivity index (χ1v) is 5.73. The Labute approximate surface area is 110 Å². The summed E-state index contributed by atoms with van der Waals surface area (Å²) in [6.07, 6.45) is 0.335. The number of benzene rings is 1. The van der Waals surface area contributed by atoms with E-state index in [-0.39, 0.29) is 25.1 Å². The van der Waals surface area contributed by atoms with Gasteiger partial charge in [-0.2, -0.15) is 5.26 Å². The fraction of sp³-hybridized carbons (Fsp3) is 0.308. The first-order chi connectivity index (χ1) is 9.02. The molecule has 0 fully saturated rings. The van der Waals surface area contributed by atoms with Crippen LogP contribution in [0, 0.1) is 17.1 Å². The van der Waals surface area contributed by atoms with E-state index in [1.54, 1.807) is 0 Å². The Morgan fingerprint density at radius 1 is 1.37 bits per heavy atom. The summed E-state index contributed by atoms with van der Waals surface area (Å²) in [5.74, 6) is -1.45. The first-order valence-electron chi connectivity index (χ1n) is 5.73. The van der Waals surface area contributed by atoms with Crippen molar-refractivity contribution in [3.63, 3.8) is 0 Å². The summed E-state index contributed by atoms with van der Waals surface area (Å²) in [6, 6.07) is 6.51. The second-order valence-electron chi connectivity index (χ2n) is 4.02. The summed E-state index contributed by atoms with van der Waals surface area (Å²) in [5.41, 5.74) is 5.75. The SMILES string of the molecule is N#CCC[C@@H](NC(=O)Cc1ccc(F)cc1)C(N)=O. The normalized spacial score (nSPS) is 11.4. The van der Waals surface area contributed by atoms with Crippen molar-refractivity contribution < 1.29 is 14.0 Å². The second-order valence-corrected chi connectivity index (χ2v) is 4.02. The zero-order valence-electron chi connectivity index (χ0n) is 10.2. The van der Waals surface area contributed by atoms with E-state index in [0.717, 1.165) is 0 Å². The number of hydrogen-bond donors (Lipinski definition) is 2. The smallest absolute Gasteiger partial charge is 0.240 e. The van der Waals surface area contributed by atoms with Gasteiger partial charge in [-0.3, -0.25) is 9.59 Å². The highest BCUT2D eigenvalue weighted by Gasteiger charge is 2.17. The average molecular weight is 263 g/mol. The van der Waals surface area contributed by atoms with Crippen LogP contribution in [0.1, 0.15) is 18.4 Å². The average Bonchev–Trinajstić information content (AvgIpc) is 2.37. The summed E-state index contributed by atoms with van der Waals surface area (Å²) in [7, 11) is 0. The van der Waals surface area contributed by atoms with Gasteiger partial charge in [-0.1, -0.05) is 12.1 Å². The van der Waals surface area contributed by atoms with E-state index in [1.165, 1.54) is 24.3 Å². The highest BCUT2D eigenvalue weighted by molar-refractivity contribution is 5.87. The maximum absolute atomic E-state index is 12.7. The number of nitrogens with two attached hydrogens (primary N) is 1. The Morgan fingerprint density at radius 2 is 2.00 bits per heavy atom. The Hall–Kier alpha value is -2.42. The number of nitriles is 1. The van der Waals surface area contributed by atoms with Crippen molar-refractivity contribution in [2.24, 2.45) is 5.73 Å². The van der Waals surface area contributed by atoms with E-state index in [1.807, 2.05) is 6.07 Å². The molecule has 0 bridgehead atoms. The topological polar surface area (TPSA) is 96.0 Å². The van der Waals surface area contributed by atoms with Gasteiger partial charge in [0.25, 0.3) is 0 Å². The Balaban J connectivity index is 2.55. The van der Waals surface area contributed by atoms with Crippen LogP contribution in [-0.4, -0.2) is 17.9 Å². The predicted octanol–water partition coefficient (Wildman–Crippen LogP) is 0.642. The Bertz CT molecular complexity index is 494. The maximum atomic E-state index is 12.7. The van der Waals surface area contributed by atoms with Gasteiger partial charge >= 0.3 is 0 Å². The van der Waals surface area contributed by atoms with Crippen LogP contribution in [0.25, 0.3) is 0 Å². The summed E-state index contributed by atoms with van der Waals surface area (Å²) < 4.78 is 12.7. The van der Waals surface area contributed by atoms with Crippen molar-refractivity contribution in [3.05, 3.63) is 35.6 Å². The van der Waals surface area contributed by atoms with Crippen LogP contribution < -0.4 is 11.1 Å². The third kappa shape index (κ3) is 5.17. The molecule has 100 valence electrons. The van der Waals surface area contributed by atoms with Gasteiger partial charge in [-0.25, -0.2) is 4.39 Å². The molecule has 1 atom stereocenters. The Morgan fingerprint density at radius 3 is 2.53 bits per heavy atom. The van der Waals surface area contributed by atoms with E-state index >= 15 is 0 Å². The van der Waals surface area contributed by atoms with E-state index in [0.29, 0.717) is 5.56 Å². The fourth-order valence-electron chi connectivity index (χ4n) is 1.53. The third-order valence-corrected chi connectivity index (χ3v) is 2.50. The molecule has 0 heterocycles. The van der Waals surface area contributed by atoms with Crippen LogP contribution in [0.4, 0.5) is 4.39 Å². The number of nitrogens with one attached hydrogen (secondary N) is 1. The fourth-order valence-corrected chi connectivity index (χ4v) is 1.53. The number of primary amides is 1. The maximum Gasteiger partial charge on any atom is 0.240 e. The number of nitrogens with zero attached hydrogens (tertiary/aromatic N) is 1. The molecule has 6 heteroatoms. The number of amides is 2. The summed E-state index contributed by atoms with van der Waals surface area (Å²) in [6.45, 7) is 0. The molecule has 0 saturated heterocycles. The summed E-state index contributed by atoms with van der Waals surface area (Å²) >= 11 is 0. The molecule has 3 N–H and O–H groups in total. The molecule has 0 spiro atoms. The van der Waals surface area contributed by atoms with Gasteiger partial charge in [0.05, 0.1) is 12.5 Å². The quantitative estimate of drug-likeness (QED) is 0.788. The summed E-state index contributed by atoms with van der Waals surface area (Å²) in [5, 5.41) is 10.9. The second kappa shape index (κ2) is 7.11. The zero-order valence-corrected chi connectivity index (χ0v) is 10.2. The lowest BCUT2D eigenvalue weighted by atomic mass is 10.1. The molecule has 5 nitrogen and oxygen atoms in total. The van der Waals surface area contributed by atoms with Gasteiger partial charge in [0.15, 0.2) is 0 Å². The lowest BCUT2D eigenvalue weighted by molar-refractivity contribution is -0.127. The third-order valence-electron chi connectivity index (χ3n) is 2.50. The molecule has 0 saturated carbocycles. The standard InChI is InChI=1S/C13H14FN3O2/c14-10-5-3-9(4-6-10)8-12(18)17-11(13(16)19)2-1-7-15/h3-6,11H,1-2,8H2,(H2,16,19)(H,17,18)/t11-/m1/s1. The van der Waals surface area contributed by atoms with Crippen LogP contribution in [0.5, 0.6) is 0 Å². The molecular formula is C13H14FN3O2. The largest absolute Gasteiger partial charge is 0.368 e. The molecule has 0 radical (unpaired) electrons. The molecule has 1 aromatic rings. The molecular weight excluding hydrogens is 249 g/mol. The number of rotatable bonds is 6. The zero-order chi connectivity index (χ0) is 14.3.